The minimum absolute atomic E-state index is 0.847. The summed E-state index contributed by atoms with van der Waals surface area (Å²) in [5, 5.41) is 4.29. The summed E-state index contributed by atoms with van der Waals surface area (Å²) in [5.74, 6) is 0. The molecule has 0 bridgehead atoms. The van der Waals surface area contributed by atoms with Crippen LogP contribution in [0.5, 0.6) is 0 Å². The molecule has 0 unspecified atom stereocenters. The van der Waals surface area contributed by atoms with Crippen molar-refractivity contribution in [3.63, 3.8) is 0 Å². The smallest absolute Gasteiger partial charge is 0.162 e. The molecule has 0 aliphatic carbocycles. The van der Waals surface area contributed by atoms with E-state index in [-0.39, 0.29) is 0 Å². The molecular weight excluding hydrogens is 370 g/mol. The Kier molecular flexibility index (Phi) is 2.97. The van der Waals surface area contributed by atoms with E-state index in [0.29, 0.717) is 0 Å². The number of hydrogen-bond acceptors (Lipinski definition) is 3. The van der Waals surface area contributed by atoms with E-state index in [9.17, 15) is 0 Å². The first kappa shape index (κ1) is 15.7. The first-order valence-electron chi connectivity index (χ1n) is 9.94. The van der Waals surface area contributed by atoms with Crippen molar-refractivity contribution >= 4 is 54.8 Å². The Labute approximate surface area is 171 Å². The highest BCUT2D eigenvalue weighted by Gasteiger charge is 2.23. The molecule has 3 aromatic heterocycles. The minimum atomic E-state index is 0.847. The van der Waals surface area contributed by atoms with E-state index < -0.39 is 0 Å². The maximum absolute atomic E-state index is 6.48. The summed E-state index contributed by atoms with van der Waals surface area (Å²) in [5.41, 5.74) is 6.73. The molecule has 0 fully saturated rings. The molecular formula is C26H15N3O. The van der Waals surface area contributed by atoms with E-state index in [1.807, 2.05) is 24.3 Å². The van der Waals surface area contributed by atoms with Gasteiger partial charge in [0.05, 0.1) is 16.4 Å². The van der Waals surface area contributed by atoms with Crippen LogP contribution in [0.1, 0.15) is 0 Å². The number of hydrogen-bond donors (Lipinski definition) is 0. The zero-order valence-corrected chi connectivity index (χ0v) is 15.9. The zero-order valence-electron chi connectivity index (χ0n) is 15.9. The van der Waals surface area contributed by atoms with Crippen molar-refractivity contribution in [2.45, 2.75) is 0 Å². The molecule has 7 aromatic rings. The number of fused-ring (bicyclic) bond motifs is 10. The third kappa shape index (κ3) is 1.90. The fourth-order valence-electron chi connectivity index (χ4n) is 4.69. The van der Waals surface area contributed by atoms with Gasteiger partial charge in [-0.05, 0) is 24.3 Å². The highest BCUT2D eigenvalue weighted by Crippen LogP contribution is 2.44. The van der Waals surface area contributed by atoms with E-state index in [2.05, 4.69) is 59.2 Å². The fourth-order valence-corrected chi connectivity index (χ4v) is 4.69. The van der Waals surface area contributed by atoms with Crippen molar-refractivity contribution in [2.75, 3.05) is 0 Å². The van der Waals surface area contributed by atoms with Crippen molar-refractivity contribution in [3.05, 3.63) is 91.3 Å². The average Bonchev–Trinajstić information content (AvgIpc) is 3.36. The maximum atomic E-state index is 6.48. The standard InChI is InChI=1S/C26H15N3O/c1-2-8-16(9-3-1)29-19-12-6-4-10-17(19)21-23-24(28-15-14-27-23)22-18-11-5-7-13-20(18)30-26(22)25(21)29/h1-15H. The van der Waals surface area contributed by atoms with Crippen LogP contribution in [0.15, 0.2) is 95.7 Å². The predicted molar refractivity (Wildman–Crippen MR) is 121 cm³/mol. The molecule has 0 amide bonds. The molecule has 0 saturated carbocycles. The van der Waals surface area contributed by atoms with Crippen LogP contribution in [0.3, 0.4) is 0 Å². The normalized spacial score (nSPS) is 12.0. The third-order valence-corrected chi connectivity index (χ3v) is 5.87. The Morgan fingerprint density at radius 1 is 0.633 bits per heavy atom. The summed E-state index contributed by atoms with van der Waals surface area (Å²) < 4.78 is 8.76. The Balaban J connectivity index is 1.89. The Bertz CT molecular complexity index is 1740. The van der Waals surface area contributed by atoms with Gasteiger partial charge in [0.2, 0.25) is 0 Å². The van der Waals surface area contributed by atoms with Crippen LogP contribution in [0.2, 0.25) is 0 Å². The van der Waals surface area contributed by atoms with E-state index in [1.165, 1.54) is 0 Å². The van der Waals surface area contributed by atoms with E-state index in [1.54, 1.807) is 12.4 Å². The lowest BCUT2D eigenvalue weighted by Gasteiger charge is -2.08. The molecule has 0 N–H and O–H groups in total. The average molecular weight is 385 g/mol. The summed E-state index contributed by atoms with van der Waals surface area (Å²) >= 11 is 0. The third-order valence-electron chi connectivity index (χ3n) is 5.87. The number of rotatable bonds is 1. The molecule has 4 aromatic carbocycles. The van der Waals surface area contributed by atoms with Crippen LogP contribution in [0.25, 0.3) is 60.5 Å². The van der Waals surface area contributed by atoms with Gasteiger partial charge in [-0.3, -0.25) is 9.97 Å². The van der Waals surface area contributed by atoms with E-state index in [0.717, 1.165) is 60.5 Å². The van der Waals surface area contributed by atoms with Gasteiger partial charge >= 0.3 is 0 Å². The zero-order chi connectivity index (χ0) is 19.7. The summed E-state index contributed by atoms with van der Waals surface area (Å²) in [4.78, 5) is 9.52. The van der Waals surface area contributed by atoms with Gasteiger partial charge in [0, 0.05) is 34.2 Å². The number of aromatic nitrogens is 3. The number of furan rings is 1. The van der Waals surface area contributed by atoms with Crippen molar-refractivity contribution in [3.8, 4) is 5.69 Å². The SMILES string of the molecule is c1ccc(-n2c3ccccc3c3c4nccnc4c4c5ccccc5oc4c32)cc1. The number of para-hydroxylation sites is 3. The van der Waals surface area contributed by atoms with E-state index in [4.69, 9.17) is 14.4 Å². The van der Waals surface area contributed by atoms with Crippen LogP contribution in [-0.4, -0.2) is 14.5 Å². The highest BCUT2D eigenvalue weighted by molar-refractivity contribution is 6.33. The molecule has 7 rings (SSSR count). The maximum Gasteiger partial charge on any atom is 0.162 e. The van der Waals surface area contributed by atoms with Gasteiger partial charge in [-0.1, -0.05) is 54.6 Å². The number of benzene rings is 4. The first-order valence-corrected chi connectivity index (χ1v) is 9.94. The number of nitrogens with zero attached hydrogens (tertiary/aromatic N) is 3. The Morgan fingerprint density at radius 2 is 1.30 bits per heavy atom. The van der Waals surface area contributed by atoms with Crippen LogP contribution in [-0.2, 0) is 0 Å². The summed E-state index contributed by atoms with van der Waals surface area (Å²) in [6.45, 7) is 0. The monoisotopic (exact) mass is 385 g/mol. The first-order chi connectivity index (χ1) is 14.9. The van der Waals surface area contributed by atoms with Crippen molar-refractivity contribution in [2.24, 2.45) is 0 Å². The van der Waals surface area contributed by atoms with Gasteiger partial charge in [-0.2, -0.15) is 0 Å². The van der Waals surface area contributed by atoms with Gasteiger partial charge in [-0.25, -0.2) is 0 Å². The molecule has 0 atom stereocenters. The van der Waals surface area contributed by atoms with Crippen LogP contribution < -0.4 is 0 Å². The lowest BCUT2D eigenvalue weighted by atomic mass is 10.1. The Hall–Kier alpha value is -4.18. The van der Waals surface area contributed by atoms with Gasteiger partial charge in [0.25, 0.3) is 0 Å². The largest absolute Gasteiger partial charge is 0.454 e. The second kappa shape index (κ2) is 5.67. The lowest BCUT2D eigenvalue weighted by molar-refractivity contribution is 0.671. The minimum Gasteiger partial charge on any atom is -0.454 e. The molecule has 4 nitrogen and oxygen atoms in total. The summed E-state index contributed by atoms with van der Waals surface area (Å²) in [6.07, 6.45) is 3.52. The van der Waals surface area contributed by atoms with Crippen LogP contribution in [0.4, 0.5) is 0 Å². The van der Waals surface area contributed by atoms with Gasteiger partial charge in [-0.15, -0.1) is 0 Å². The molecule has 140 valence electrons. The quantitative estimate of drug-likeness (QED) is 0.319. The van der Waals surface area contributed by atoms with Crippen molar-refractivity contribution in [1.82, 2.24) is 14.5 Å². The molecule has 0 radical (unpaired) electrons. The summed E-state index contributed by atoms with van der Waals surface area (Å²) in [6, 6.07) is 27.0. The van der Waals surface area contributed by atoms with Gasteiger partial charge < -0.3 is 8.98 Å². The molecule has 4 heteroatoms. The second-order valence-electron chi connectivity index (χ2n) is 7.47. The molecule has 0 aliphatic heterocycles. The predicted octanol–water partition coefficient (Wildman–Crippen LogP) is 6.63. The van der Waals surface area contributed by atoms with Gasteiger partial charge in [0.15, 0.2) is 5.58 Å². The topological polar surface area (TPSA) is 43.9 Å². The highest BCUT2D eigenvalue weighted by atomic mass is 16.3. The second-order valence-corrected chi connectivity index (χ2v) is 7.47. The fraction of sp³-hybridized carbons (Fsp3) is 0. The molecule has 0 aliphatic rings. The van der Waals surface area contributed by atoms with Gasteiger partial charge in [0.1, 0.15) is 16.6 Å². The van der Waals surface area contributed by atoms with Crippen molar-refractivity contribution in [1.29, 1.82) is 0 Å². The molecule has 3 heterocycles. The van der Waals surface area contributed by atoms with Crippen molar-refractivity contribution < 1.29 is 4.42 Å². The van der Waals surface area contributed by atoms with Crippen LogP contribution in [0, 0.1) is 0 Å². The molecule has 0 spiro atoms. The Morgan fingerprint density at radius 3 is 2.13 bits per heavy atom. The molecule has 30 heavy (non-hydrogen) atoms. The molecule has 0 saturated heterocycles. The van der Waals surface area contributed by atoms with E-state index >= 15 is 0 Å². The summed E-state index contributed by atoms with van der Waals surface area (Å²) in [7, 11) is 0. The lowest BCUT2D eigenvalue weighted by Crippen LogP contribution is -1.94. The van der Waals surface area contributed by atoms with Crippen LogP contribution >= 0.6 is 0 Å².